The van der Waals surface area contributed by atoms with E-state index in [1.807, 2.05) is 44.2 Å². The lowest BCUT2D eigenvalue weighted by molar-refractivity contribution is -0.140. The van der Waals surface area contributed by atoms with Crippen molar-refractivity contribution < 1.29 is 24.2 Å². The molecule has 5 heteroatoms. The molecule has 0 saturated carbocycles. The third kappa shape index (κ3) is 6.71. The van der Waals surface area contributed by atoms with Crippen LogP contribution in [0.2, 0.25) is 0 Å². The van der Waals surface area contributed by atoms with Crippen LogP contribution >= 0.6 is 0 Å². The average Bonchev–Trinajstić information content (AvgIpc) is 2.60. The highest BCUT2D eigenvalue weighted by Gasteiger charge is 2.38. The van der Waals surface area contributed by atoms with Gasteiger partial charge in [0.05, 0.1) is 13.2 Å². The standard InChI is InChI=1S/C21H30O5/c1-20(2,14-22)17(11-19(24)25)10-18(21(3,4)15-23)13-26-12-16-8-6-5-7-9-16/h5-9,14-15,17-18H,10-13H2,1-4H3,(H,24,25). The molecule has 144 valence electrons. The van der Waals surface area contributed by atoms with Crippen molar-refractivity contribution in [2.75, 3.05) is 6.61 Å². The van der Waals surface area contributed by atoms with E-state index < -0.39 is 16.8 Å². The van der Waals surface area contributed by atoms with Crippen molar-refractivity contribution in [1.82, 2.24) is 0 Å². The molecule has 1 aromatic carbocycles. The van der Waals surface area contributed by atoms with E-state index in [4.69, 9.17) is 4.74 Å². The Morgan fingerprint density at radius 1 is 1.04 bits per heavy atom. The molecule has 0 saturated heterocycles. The molecule has 2 atom stereocenters. The van der Waals surface area contributed by atoms with E-state index in [1.165, 1.54) is 0 Å². The average molecular weight is 362 g/mol. The lowest BCUT2D eigenvalue weighted by Gasteiger charge is -2.36. The SMILES string of the molecule is CC(C)(C=O)C(COCc1ccccc1)CC(CC(=O)O)C(C)(C)C=O. The number of aliphatic carboxylic acids is 1. The summed E-state index contributed by atoms with van der Waals surface area (Å²) >= 11 is 0. The highest BCUT2D eigenvalue weighted by atomic mass is 16.5. The highest BCUT2D eigenvalue weighted by molar-refractivity contribution is 5.69. The van der Waals surface area contributed by atoms with E-state index >= 15 is 0 Å². The van der Waals surface area contributed by atoms with Gasteiger partial charge in [-0.05, 0) is 23.8 Å². The number of hydrogen-bond acceptors (Lipinski definition) is 4. The maximum absolute atomic E-state index is 11.6. The molecule has 0 radical (unpaired) electrons. The topological polar surface area (TPSA) is 80.7 Å². The van der Waals surface area contributed by atoms with E-state index in [1.54, 1.807) is 13.8 Å². The fourth-order valence-corrected chi connectivity index (χ4v) is 2.88. The first-order valence-corrected chi connectivity index (χ1v) is 8.88. The summed E-state index contributed by atoms with van der Waals surface area (Å²) in [5.41, 5.74) is -0.424. The zero-order chi connectivity index (χ0) is 19.8. The lowest BCUT2D eigenvalue weighted by atomic mass is 9.68. The number of rotatable bonds is 12. The molecule has 0 aliphatic rings. The van der Waals surface area contributed by atoms with Crippen molar-refractivity contribution in [1.29, 1.82) is 0 Å². The van der Waals surface area contributed by atoms with Crippen LogP contribution < -0.4 is 0 Å². The summed E-state index contributed by atoms with van der Waals surface area (Å²) in [5.74, 6) is -1.51. The van der Waals surface area contributed by atoms with Gasteiger partial charge >= 0.3 is 5.97 Å². The molecule has 0 aliphatic heterocycles. The molecule has 5 nitrogen and oxygen atoms in total. The van der Waals surface area contributed by atoms with Gasteiger partial charge in [-0.25, -0.2) is 0 Å². The van der Waals surface area contributed by atoms with Crippen LogP contribution in [0.25, 0.3) is 0 Å². The molecule has 2 unspecified atom stereocenters. The summed E-state index contributed by atoms with van der Waals surface area (Å²) in [6.45, 7) is 7.87. The maximum atomic E-state index is 11.6. The molecule has 0 fully saturated rings. The van der Waals surface area contributed by atoms with Crippen LogP contribution in [0.15, 0.2) is 30.3 Å². The predicted octanol–water partition coefficient (Wildman–Crippen LogP) is 3.75. The van der Waals surface area contributed by atoms with Gasteiger partial charge in [0.25, 0.3) is 0 Å². The summed E-state index contributed by atoms with van der Waals surface area (Å²) in [5, 5.41) is 9.22. The largest absolute Gasteiger partial charge is 0.481 e. The number of carboxylic acid groups (broad SMARTS) is 1. The normalized spacial score (nSPS) is 14.5. The third-order valence-electron chi connectivity index (χ3n) is 5.13. The van der Waals surface area contributed by atoms with E-state index in [-0.39, 0.29) is 18.3 Å². The minimum atomic E-state index is -0.946. The molecule has 0 aromatic heterocycles. The summed E-state index contributed by atoms with van der Waals surface area (Å²) in [6.07, 6.45) is 2.00. The fraction of sp³-hybridized carbons (Fsp3) is 0.571. The maximum Gasteiger partial charge on any atom is 0.303 e. The van der Waals surface area contributed by atoms with Crippen molar-refractivity contribution >= 4 is 18.5 Å². The number of benzene rings is 1. The Balaban J connectivity index is 2.88. The van der Waals surface area contributed by atoms with Gasteiger partial charge in [-0.1, -0.05) is 58.0 Å². The van der Waals surface area contributed by atoms with E-state index in [0.717, 1.165) is 18.1 Å². The minimum Gasteiger partial charge on any atom is -0.481 e. The van der Waals surface area contributed by atoms with Crippen LogP contribution in [-0.2, 0) is 25.7 Å². The monoisotopic (exact) mass is 362 g/mol. The number of ether oxygens (including phenoxy) is 1. The van der Waals surface area contributed by atoms with Crippen LogP contribution in [0, 0.1) is 22.7 Å². The first-order valence-electron chi connectivity index (χ1n) is 8.88. The third-order valence-corrected chi connectivity index (χ3v) is 5.13. The minimum absolute atomic E-state index is 0.115. The van der Waals surface area contributed by atoms with E-state index in [9.17, 15) is 19.5 Å². The van der Waals surface area contributed by atoms with Crippen molar-refractivity contribution in [3.05, 3.63) is 35.9 Å². The molecule has 1 rings (SSSR count). The Bertz CT molecular complexity index is 592. The Hall–Kier alpha value is -2.01. The Morgan fingerprint density at radius 2 is 1.58 bits per heavy atom. The van der Waals surface area contributed by atoms with Gasteiger partial charge in [-0.3, -0.25) is 4.79 Å². The fourth-order valence-electron chi connectivity index (χ4n) is 2.88. The van der Waals surface area contributed by atoms with E-state index in [2.05, 4.69) is 0 Å². The van der Waals surface area contributed by atoms with Crippen LogP contribution in [0.5, 0.6) is 0 Å². The van der Waals surface area contributed by atoms with Crippen molar-refractivity contribution in [3.8, 4) is 0 Å². The van der Waals surface area contributed by atoms with Crippen LogP contribution in [-0.4, -0.2) is 30.3 Å². The molecule has 0 amide bonds. The Labute approximate surface area is 155 Å². The first kappa shape index (κ1) is 22.0. The number of aldehydes is 2. The van der Waals surface area contributed by atoms with E-state index in [0.29, 0.717) is 19.6 Å². The quantitative estimate of drug-likeness (QED) is 0.573. The predicted molar refractivity (Wildman–Crippen MR) is 99.6 cm³/mol. The van der Waals surface area contributed by atoms with Gasteiger partial charge in [-0.2, -0.15) is 0 Å². The van der Waals surface area contributed by atoms with Crippen LogP contribution in [0.4, 0.5) is 0 Å². The van der Waals surface area contributed by atoms with Gasteiger partial charge in [-0.15, -0.1) is 0 Å². The summed E-state index contributed by atoms with van der Waals surface area (Å²) in [7, 11) is 0. The van der Waals surface area contributed by atoms with Crippen molar-refractivity contribution in [3.63, 3.8) is 0 Å². The molecule has 1 N–H and O–H groups in total. The second kappa shape index (κ2) is 9.62. The van der Waals surface area contributed by atoms with Gasteiger partial charge in [0.2, 0.25) is 0 Å². The first-order chi connectivity index (χ1) is 12.1. The molecule has 0 bridgehead atoms. The summed E-state index contributed by atoms with van der Waals surface area (Å²) in [4.78, 5) is 34.3. The molecule has 0 aliphatic carbocycles. The molecular weight excluding hydrogens is 332 g/mol. The molecule has 0 heterocycles. The number of hydrogen-bond donors (Lipinski definition) is 1. The van der Waals surface area contributed by atoms with Crippen LogP contribution in [0.1, 0.15) is 46.1 Å². The van der Waals surface area contributed by atoms with Gasteiger partial charge in [0.1, 0.15) is 12.6 Å². The number of carboxylic acids is 1. The highest BCUT2D eigenvalue weighted by Crippen LogP contribution is 2.38. The Kier molecular flexibility index (Phi) is 8.15. The second-order valence-corrected chi connectivity index (χ2v) is 8.11. The Morgan fingerprint density at radius 3 is 2.08 bits per heavy atom. The van der Waals surface area contributed by atoms with Gasteiger partial charge < -0.3 is 19.4 Å². The van der Waals surface area contributed by atoms with Crippen molar-refractivity contribution in [2.24, 2.45) is 22.7 Å². The second-order valence-electron chi connectivity index (χ2n) is 8.11. The molecule has 0 spiro atoms. The van der Waals surface area contributed by atoms with Gasteiger partial charge in [0.15, 0.2) is 0 Å². The van der Waals surface area contributed by atoms with Gasteiger partial charge in [0, 0.05) is 17.3 Å². The molecule has 26 heavy (non-hydrogen) atoms. The van der Waals surface area contributed by atoms with Crippen LogP contribution in [0.3, 0.4) is 0 Å². The zero-order valence-corrected chi connectivity index (χ0v) is 16.1. The smallest absolute Gasteiger partial charge is 0.303 e. The molecular formula is C21H30O5. The number of carbonyl (C=O) groups is 3. The molecule has 1 aromatic rings. The summed E-state index contributed by atoms with van der Waals surface area (Å²) < 4.78 is 5.83. The number of carbonyl (C=O) groups excluding carboxylic acids is 2. The zero-order valence-electron chi connectivity index (χ0n) is 16.1. The lowest BCUT2D eigenvalue weighted by Crippen LogP contribution is -2.36. The summed E-state index contributed by atoms with van der Waals surface area (Å²) in [6, 6.07) is 9.72. The van der Waals surface area contributed by atoms with Crippen molar-refractivity contribution in [2.45, 2.75) is 47.1 Å².